The molecule has 0 aliphatic carbocycles. The molecule has 2 amide bonds. The predicted octanol–water partition coefficient (Wildman–Crippen LogP) is 0.217. The van der Waals surface area contributed by atoms with Crippen molar-refractivity contribution in [2.45, 2.75) is 6.42 Å². The van der Waals surface area contributed by atoms with Gasteiger partial charge in [0.25, 0.3) is 0 Å². The summed E-state index contributed by atoms with van der Waals surface area (Å²) in [7, 11) is 0. The van der Waals surface area contributed by atoms with Crippen molar-refractivity contribution in [3.63, 3.8) is 0 Å². The smallest absolute Gasteiger partial charge is 0.333 e. The minimum absolute atomic E-state index is 0.0898. The minimum Gasteiger partial charge on any atom is -0.396 e. The van der Waals surface area contributed by atoms with Crippen molar-refractivity contribution in [1.29, 1.82) is 0 Å². The van der Waals surface area contributed by atoms with E-state index in [1.807, 2.05) is 11.5 Å². The van der Waals surface area contributed by atoms with Crippen LogP contribution in [-0.4, -0.2) is 17.7 Å². The highest BCUT2D eigenvalue weighted by atomic mass is 16.3. The molecule has 0 aliphatic heterocycles. The average molecular weight is 195 g/mol. The lowest BCUT2D eigenvalue weighted by Gasteiger charge is -2.05. The lowest BCUT2D eigenvalue weighted by Crippen LogP contribution is -2.34. The van der Waals surface area contributed by atoms with Crippen molar-refractivity contribution < 1.29 is 9.90 Å². The van der Waals surface area contributed by atoms with E-state index in [-0.39, 0.29) is 6.61 Å². The van der Waals surface area contributed by atoms with Crippen LogP contribution in [-0.2, 0) is 6.42 Å². The molecule has 0 radical (unpaired) electrons. The molecule has 0 heterocycles. The molecule has 5 N–H and O–H groups in total. The third-order valence-corrected chi connectivity index (χ3v) is 1.72. The van der Waals surface area contributed by atoms with E-state index >= 15 is 0 Å². The number of anilines is 1. The molecular formula is C9H13N3O2. The second-order valence-electron chi connectivity index (χ2n) is 2.77. The zero-order chi connectivity index (χ0) is 10.4. The number of amides is 2. The maximum atomic E-state index is 10.9. The second-order valence-corrected chi connectivity index (χ2v) is 2.77. The van der Waals surface area contributed by atoms with Crippen molar-refractivity contribution in [3.05, 3.63) is 29.8 Å². The second kappa shape index (κ2) is 5.21. The SMILES string of the molecule is NNC(=O)Nc1cccc(CCO)c1. The Morgan fingerprint density at radius 2 is 2.29 bits per heavy atom. The van der Waals surface area contributed by atoms with Gasteiger partial charge in [-0.3, -0.25) is 5.43 Å². The number of hydrogen-bond acceptors (Lipinski definition) is 3. The largest absolute Gasteiger partial charge is 0.396 e. The van der Waals surface area contributed by atoms with Crippen molar-refractivity contribution in [2.75, 3.05) is 11.9 Å². The van der Waals surface area contributed by atoms with Gasteiger partial charge in [-0.1, -0.05) is 12.1 Å². The van der Waals surface area contributed by atoms with E-state index in [9.17, 15) is 4.79 Å². The number of nitrogens with one attached hydrogen (secondary N) is 2. The highest BCUT2D eigenvalue weighted by molar-refractivity contribution is 5.88. The van der Waals surface area contributed by atoms with E-state index < -0.39 is 6.03 Å². The number of aliphatic hydroxyl groups is 1. The number of nitrogens with two attached hydrogens (primary N) is 1. The molecule has 0 fully saturated rings. The van der Waals surface area contributed by atoms with Crippen LogP contribution in [0.5, 0.6) is 0 Å². The molecule has 0 atom stereocenters. The van der Waals surface area contributed by atoms with Crippen LogP contribution in [0.2, 0.25) is 0 Å². The van der Waals surface area contributed by atoms with Gasteiger partial charge in [0.05, 0.1) is 0 Å². The van der Waals surface area contributed by atoms with Crippen LogP contribution in [0.3, 0.4) is 0 Å². The van der Waals surface area contributed by atoms with E-state index in [0.717, 1.165) is 5.56 Å². The molecule has 1 aromatic rings. The molecule has 76 valence electrons. The van der Waals surface area contributed by atoms with Crippen LogP contribution in [0, 0.1) is 0 Å². The number of hydrogen-bond donors (Lipinski definition) is 4. The molecule has 5 nitrogen and oxygen atoms in total. The molecular weight excluding hydrogens is 182 g/mol. The van der Waals surface area contributed by atoms with Gasteiger partial charge in [-0.25, -0.2) is 10.6 Å². The quantitative estimate of drug-likeness (QED) is 0.316. The number of rotatable bonds is 3. The Labute approximate surface area is 81.9 Å². The molecule has 1 aromatic carbocycles. The van der Waals surface area contributed by atoms with Gasteiger partial charge in [-0.15, -0.1) is 0 Å². The molecule has 0 spiro atoms. The molecule has 5 heteroatoms. The third-order valence-electron chi connectivity index (χ3n) is 1.72. The van der Waals surface area contributed by atoms with Gasteiger partial charge < -0.3 is 10.4 Å². The van der Waals surface area contributed by atoms with Gasteiger partial charge in [-0.2, -0.15) is 0 Å². The molecule has 0 saturated heterocycles. The van der Waals surface area contributed by atoms with Gasteiger partial charge >= 0.3 is 6.03 Å². The van der Waals surface area contributed by atoms with Crippen molar-refractivity contribution in [3.8, 4) is 0 Å². The third kappa shape index (κ3) is 3.04. The number of hydrazine groups is 1. The summed E-state index contributed by atoms with van der Waals surface area (Å²) in [4.78, 5) is 10.9. The first-order valence-corrected chi connectivity index (χ1v) is 4.23. The minimum atomic E-state index is -0.467. The standard InChI is InChI=1S/C9H13N3O2/c10-12-9(14)11-8-3-1-2-7(6-8)4-5-13/h1-3,6,13H,4-5,10H2,(H2,11,12,14). The summed E-state index contributed by atoms with van der Waals surface area (Å²) in [6, 6.07) is 6.74. The summed E-state index contributed by atoms with van der Waals surface area (Å²) >= 11 is 0. The van der Waals surface area contributed by atoms with E-state index in [1.54, 1.807) is 18.2 Å². The van der Waals surface area contributed by atoms with E-state index in [2.05, 4.69) is 5.32 Å². The summed E-state index contributed by atoms with van der Waals surface area (Å²) in [5.74, 6) is 4.91. The Hall–Kier alpha value is -1.59. The summed E-state index contributed by atoms with van der Waals surface area (Å²) in [5.41, 5.74) is 3.58. The fourth-order valence-electron chi connectivity index (χ4n) is 1.10. The normalized spacial score (nSPS) is 9.57. The molecule has 0 aromatic heterocycles. The highest BCUT2D eigenvalue weighted by Crippen LogP contribution is 2.10. The van der Waals surface area contributed by atoms with Crippen LogP contribution < -0.4 is 16.6 Å². The predicted molar refractivity (Wildman–Crippen MR) is 53.6 cm³/mol. The summed E-state index contributed by atoms with van der Waals surface area (Å²) in [5, 5.41) is 11.3. The maximum Gasteiger partial charge on any atom is 0.333 e. The lowest BCUT2D eigenvalue weighted by molar-refractivity contribution is 0.252. The Morgan fingerprint density at radius 1 is 1.50 bits per heavy atom. The molecule has 0 saturated carbocycles. The summed E-state index contributed by atoms with van der Waals surface area (Å²) in [6.45, 7) is 0.0898. The lowest BCUT2D eigenvalue weighted by atomic mass is 10.1. The summed E-state index contributed by atoms with van der Waals surface area (Å²) in [6.07, 6.45) is 0.569. The zero-order valence-electron chi connectivity index (χ0n) is 7.66. The fourth-order valence-corrected chi connectivity index (χ4v) is 1.10. The van der Waals surface area contributed by atoms with Gasteiger partial charge in [0, 0.05) is 12.3 Å². The van der Waals surface area contributed by atoms with Gasteiger partial charge in [0.15, 0.2) is 0 Å². The number of urea groups is 1. The van der Waals surface area contributed by atoms with Crippen LogP contribution in [0.1, 0.15) is 5.56 Å². The van der Waals surface area contributed by atoms with Crippen molar-refractivity contribution >= 4 is 11.7 Å². The number of benzene rings is 1. The molecule has 14 heavy (non-hydrogen) atoms. The number of aliphatic hydroxyl groups excluding tert-OH is 1. The molecule has 0 bridgehead atoms. The monoisotopic (exact) mass is 195 g/mol. The zero-order valence-corrected chi connectivity index (χ0v) is 7.66. The Morgan fingerprint density at radius 3 is 2.93 bits per heavy atom. The number of carbonyl (C=O) groups excluding carboxylic acids is 1. The maximum absolute atomic E-state index is 10.9. The first kappa shape index (κ1) is 10.5. The summed E-state index contributed by atoms with van der Waals surface area (Å²) < 4.78 is 0. The van der Waals surface area contributed by atoms with Gasteiger partial charge in [0.2, 0.25) is 0 Å². The fraction of sp³-hybridized carbons (Fsp3) is 0.222. The molecule has 0 unspecified atom stereocenters. The Balaban J connectivity index is 2.68. The van der Waals surface area contributed by atoms with Crippen LogP contribution in [0.4, 0.5) is 10.5 Å². The van der Waals surface area contributed by atoms with Crippen molar-refractivity contribution in [1.82, 2.24) is 5.43 Å². The van der Waals surface area contributed by atoms with Crippen LogP contribution in [0.15, 0.2) is 24.3 Å². The van der Waals surface area contributed by atoms with E-state index in [4.69, 9.17) is 10.9 Å². The molecule has 0 aliphatic rings. The topological polar surface area (TPSA) is 87.4 Å². The van der Waals surface area contributed by atoms with E-state index in [1.165, 1.54) is 0 Å². The van der Waals surface area contributed by atoms with Gasteiger partial charge in [-0.05, 0) is 24.1 Å². The van der Waals surface area contributed by atoms with Crippen molar-refractivity contribution in [2.24, 2.45) is 5.84 Å². The molecule has 1 rings (SSSR count). The Bertz CT molecular complexity index is 315. The van der Waals surface area contributed by atoms with Gasteiger partial charge in [0.1, 0.15) is 0 Å². The van der Waals surface area contributed by atoms with E-state index in [0.29, 0.717) is 12.1 Å². The van der Waals surface area contributed by atoms with Crippen LogP contribution >= 0.6 is 0 Å². The first-order chi connectivity index (χ1) is 6.76. The highest BCUT2D eigenvalue weighted by Gasteiger charge is 1.99. The van der Waals surface area contributed by atoms with Crippen LogP contribution in [0.25, 0.3) is 0 Å². The average Bonchev–Trinajstić information content (AvgIpc) is 2.19. The Kier molecular flexibility index (Phi) is 3.90. The number of carbonyl (C=O) groups is 1. The first-order valence-electron chi connectivity index (χ1n) is 4.23.